The summed E-state index contributed by atoms with van der Waals surface area (Å²) in [6, 6.07) is 9.29. The van der Waals surface area contributed by atoms with E-state index in [4.69, 9.17) is 4.74 Å². The second-order valence-electron chi connectivity index (χ2n) is 6.70. The lowest BCUT2D eigenvalue weighted by Crippen LogP contribution is -2.29. The minimum Gasteiger partial charge on any atom is -0.373 e. The number of hydrogen-bond donors (Lipinski definition) is 1. The zero-order valence-corrected chi connectivity index (χ0v) is 12.9. The summed E-state index contributed by atoms with van der Waals surface area (Å²) >= 11 is 0. The molecule has 2 rings (SSSR count). The molecule has 3 unspecified atom stereocenters. The summed E-state index contributed by atoms with van der Waals surface area (Å²) in [5, 5.41) is 3.41. The average Bonchev–Trinajstić information content (AvgIpc) is 2.76. The van der Waals surface area contributed by atoms with Crippen molar-refractivity contribution in [1.29, 1.82) is 0 Å². The molecule has 1 heterocycles. The zero-order valence-electron chi connectivity index (χ0n) is 12.9. The zero-order chi connectivity index (χ0) is 14.0. The Balaban J connectivity index is 2.15. The van der Waals surface area contributed by atoms with Gasteiger partial charge in [0, 0.05) is 0 Å². The number of likely N-dealkylation sites (N-methyl/N-ethyl adjacent to an activating group) is 1. The predicted octanol–water partition coefficient (Wildman–Crippen LogP) is 3.81. The van der Waals surface area contributed by atoms with Crippen molar-refractivity contribution in [3.05, 3.63) is 35.4 Å². The third kappa shape index (κ3) is 3.37. The summed E-state index contributed by atoms with van der Waals surface area (Å²) in [7, 11) is 2.02. The van der Waals surface area contributed by atoms with Crippen LogP contribution in [0.4, 0.5) is 0 Å². The SMILES string of the molecule is CNC(c1ccc(C(C)(C)C)cc1)C1CCC(C)O1. The first-order valence-corrected chi connectivity index (χ1v) is 7.35. The topological polar surface area (TPSA) is 21.3 Å². The van der Waals surface area contributed by atoms with Gasteiger partial charge in [-0.2, -0.15) is 0 Å². The van der Waals surface area contributed by atoms with Gasteiger partial charge in [-0.05, 0) is 43.4 Å². The molecule has 19 heavy (non-hydrogen) atoms. The maximum Gasteiger partial charge on any atom is 0.0774 e. The van der Waals surface area contributed by atoms with E-state index in [1.54, 1.807) is 0 Å². The lowest BCUT2D eigenvalue weighted by molar-refractivity contribution is 0.0333. The fraction of sp³-hybridized carbons (Fsp3) is 0.647. The van der Waals surface area contributed by atoms with Crippen LogP contribution in [-0.2, 0) is 10.2 Å². The van der Waals surface area contributed by atoms with Crippen molar-refractivity contribution in [1.82, 2.24) is 5.32 Å². The van der Waals surface area contributed by atoms with Crippen molar-refractivity contribution in [2.75, 3.05) is 7.05 Å². The molecule has 0 saturated carbocycles. The van der Waals surface area contributed by atoms with Gasteiger partial charge in [0.1, 0.15) is 0 Å². The van der Waals surface area contributed by atoms with Gasteiger partial charge in [0.05, 0.1) is 18.2 Å². The molecule has 2 heteroatoms. The van der Waals surface area contributed by atoms with E-state index in [0.29, 0.717) is 18.2 Å². The summed E-state index contributed by atoms with van der Waals surface area (Å²) < 4.78 is 6.00. The van der Waals surface area contributed by atoms with Crippen LogP contribution in [0.1, 0.15) is 57.7 Å². The van der Waals surface area contributed by atoms with Crippen LogP contribution >= 0.6 is 0 Å². The molecule has 0 bridgehead atoms. The molecular weight excluding hydrogens is 234 g/mol. The highest BCUT2D eigenvalue weighted by atomic mass is 16.5. The lowest BCUT2D eigenvalue weighted by Gasteiger charge is -2.25. The standard InChI is InChI=1S/C17H27NO/c1-12-6-11-15(19-12)16(18-5)13-7-9-14(10-8-13)17(2,3)4/h7-10,12,15-16,18H,6,11H2,1-5H3. The fourth-order valence-electron chi connectivity index (χ4n) is 2.84. The smallest absolute Gasteiger partial charge is 0.0774 e. The van der Waals surface area contributed by atoms with Gasteiger partial charge in [-0.3, -0.25) is 0 Å². The summed E-state index contributed by atoms with van der Waals surface area (Å²) in [6.07, 6.45) is 3.02. The van der Waals surface area contributed by atoms with Crippen LogP contribution in [0.15, 0.2) is 24.3 Å². The van der Waals surface area contributed by atoms with Crippen LogP contribution in [0.3, 0.4) is 0 Å². The molecule has 1 aromatic rings. The Labute approximate surface area is 117 Å². The van der Waals surface area contributed by atoms with Crippen LogP contribution < -0.4 is 5.32 Å². The van der Waals surface area contributed by atoms with Gasteiger partial charge >= 0.3 is 0 Å². The van der Waals surface area contributed by atoms with E-state index in [9.17, 15) is 0 Å². The second-order valence-corrected chi connectivity index (χ2v) is 6.70. The molecule has 1 fully saturated rings. The van der Waals surface area contributed by atoms with Gasteiger partial charge in [0.15, 0.2) is 0 Å². The number of benzene rings is 1. The molecule has 1 aromatic carbocycles. The Morgan fingerprint density at radius 2 is 1.79 bits per heavy atom. The van der Waals surface area contributed by atoms with Crippen LogP contribution in [0, 0.1) is 0 Å². The molecule has 0 radical (unpaired) electrons. The van der Waals surface area contributed by atoms with Crippen LogP contribution in [-0.4, -0.2) is 19.3 Å². The molecule has 2 nitrogen and oxygen atoms in total. The molecule has 0 aromatic heterocycles. The summed E-state index contributed by atoms with van der Waals surface area (Å²) in [5.41, 5.74) is 2.92. The van der Waals surface area contributed by atoms with E-state index >= 15 is 0 Å². The Morgan fingerprint density at radius 3 is 2.21 bits per heavy atom. The summed E-state index contributed by atoms with van der Waals surface area (Å²) in [6.45, 7) is 8.91. The highest BCUT2D eigenvalue weighted by Gasteiger charge is 2.29. The lowest BCUT2D eigenvalue weighted by atomic mass is 9.86. The van der Waals surface area contributed by atoms with Gasteiger partial charge < -0.3 is 10.1 Å². The van der Waals surface area contributed by atoms with Gasteiger partial charge in [-0.25, -0.2) is 0 Å². The molecule has 106 valence electrons. The first-order chi connectivity index (χ1) is 8.91. The van der Waals surface area contributed by atoms with Gasteiger partial charge in [0.2, 0.25) is 0 Å². The van der Waals surface area contributed by atoms with E-state index in [1.165, 1.54) is 17.5 Å². The van der Waals surface area contributed by atoms with Crippen molar-refractivity contribution in [2.45, 2.75) is 64.2 Å². The first-order valence-electron chi connectivity index (χ1n) is 7.35. The van der Waals surface area contributed by atoms with E-state index < -0.39 is 0 Å². The third-order valence-corrected chi connectivity index (χ3v) is 4.08. The maximum atomic E-state index is 6.00. The molecule has 0 amide bonds. The highest BCUT2D eigenvalue weighted by Crippen LogP contribution is 2.31. The van der Waals surface area contributed by atoms with Crippen molar-refractivity contribution in [3.8, 4) is 0 Å². The first kappa shape index (κ1) is 14.5. The molecule has 0 spiro atoms. The predicted molar refractivity (Wildman–Crippen MR) is 80.5 cm³/mol. The van der Waals surface area contributed by atoms with Crippen molar-refractivity contribution in [3.63, 3.8) is 0 Å². The van der Waals surface area contributed by atoms with Crippen molar-refractivity contribution in [2.24, 2.45) is 0 Å². The van der Waals surface area contributed by atoms with Crippen LogP contribution in [0.2, 0.25) is 0 Å². The number of rotatable bonds is 3. The Bertz CT molecular complexity index is 404. The van der Waals surface area contributed by atoms with E-state index in [2.05, 4.69) is 57.3 Å². The minimum atomic E-state index is 0.214. The molecule has 1 N–H and O–H groups in total. The number of ether oxygens (including phenoxy) is 1. The molecule has 0 aliphatic carbocycles. The third-order valence-electron chi connectivity index (χ3n) is 4.08. The van der Waals surface area contributed by atoms with Crippen molar-refractivity contribution >= 4 is 0 Å². The fourth-order valence-corrected chi connectivity index (χ4v) is 2.84. The van der Waals surface area contributed by atoms with E-state index in [0.717, 1.165) is 6.42 Å². The maximum absolute atomic E-state index is 6.00. The monoisotopic (exact) mass is 261 g/mol. The molecule has 1 aliphatic heterocycles. The highest BCUT2D eigenvalue weighted by molar-refractivity contribution is 5.30. The van der Waals surface area contributed by atoms with Gasteiger partial charge in [-0.1, -0.05) is 45.0 Å². The quantitative estimate of drug-likeness (QED) is 0.893. The summed E-state index contributed by atoms with van der Waals surface area (Å²) in [4.78, 5) is 0. The molecular formula is C17H27NO. The Morgan fingerprint density at radius 1 is 1.16 bits per heavy atom. The summed E-state index contributed by atoms with van der Waals surface area (Å²) in [5.74, 6) is 0. The largest absolute Gasteiger partial charge is 0.373 e. The van der Waals surface area contributed by atoms with Gasteiger partial charge in [-0.15, -0.1) is 0 Å². The Kier molecular flexibility index (Phi) is 4.32. The van der Waals surface area contributed by atoms with Gasteiger partial charge in [0.25, 0.3) is 0 Å². The normalized spacial score (nSPS) is 25.5. The Hall–Kier alpha value is -0.860. The molecule has 1 saturated heterocycles. The second kappa shape index (κ2) is 5.64. The number of nitrogens with one attached hydrogen (secondary N) is 1. The number of hydrogen-bond acceptors (Lipinski definition) is 2. The van der Waals surface area contributed by atoms with Crippen molar-refractivity contribution < 1.29 is 4.74 Å². The van der Waals surface area contributed by atoms with Crippen LogP contribution in [0.5, 0.6) is 0 Å². The van der Waals surface area contributed by atoms with Crippen LogP contribution in [0.25, 0.3) is 0 Å². The van der Waals surface area contributed by atoms with E-state index in [-0.39, 0.29) is 5.41 Å². The molecule has 3 atom stereocenters. The average molecular weight is 261 g/mol. The molecule has 1 aliphatic rings. The minimum absolute atomic E-state index is 0.214. The van der Waals surface area contributed by atoms with E-state index in [1.807, 2.05) is 7.05 Å².